The highest BCUT2D eigenvalue weighted by Crippen LogP contribution is 2.08. The van der Waals surface area contributed by atoms with Gasteiger partial charge in [-0.15, -0.1) is 12.4 Å². The molecule has 6 heteroatoms. The molecule has 0 aromatic rings. The lowest BCUT2D eigenvalue weighted by Gasteiger charge is -2.29. The largest absolute Gasteiger partial charge is 0.481 e. The van der Waals surface area contributed by atoms with Crippen LogP contribution in [0.1, 0.15) is 40.5 Å². The molecule has 0 aliphatic rings. The fourth-order valence-electron chi connectivity index (χ4n) is 1.19. The van der Waals surface area contributed by atoms with E-state index in [4.69, 9.17) is 5.11 Å². The van der Waals surface area contributed by atoms with E-state index in [1.165, 1.54) is 0 Å². The number of hydrogen-bond donors (Lipinski definition) is 2. The van der Waals surface area contributed by atoms with Gasteiger partial charge < -0.3 is 10.4 Å². The molecule has 0 aromatic heterocycles. The fourth-order valence-corrected chi connectivity index (χ4v) is 1.19. The highest BCUT2D eigenvalue weighted by Gasteiger charge is 2.24. The van der Waals surface area contributed by atoms with Crippen LogP contribution in [0.25, 0.3) is 0 Å². The summed E-state index contributed by atoms with van der Waals surface area (Å²) in [6.45, 7) is 8.10. The minimum atomic E-state index is -0.849. The molecular formula is C12H25ClN2O3. The smallest absolute Gasteiger partial charge is 0.304 e. The number of halogens is 1. The lowest BCUT2D eigenvalue weighted by atomic mass is 10.0. The Kier molecular flexibility index (Phi) is 9.03. The average Bonchev–Trinajstić information content (AvgIpc) is 2.24. The maximum Gasteiger partial charge on any atom is 0.304 e. The van der Waals surface area contributed by atoms with E-state index in [9.17, 15) is 9.59 Å². The third-order valence-electron chi connectivity index (χ3n) is 3.06. The molecule has 0 aliphatic heterocycles. The minimum absolute atomic E-state index is 0. The van der Waals surface area contributed by atoms with Crippen molar-refractivity contribution in [3.05, 3.63) is 0 Å². The second kappa shape index (κ2) is 8.32. The topological polar surface area (TPSA) is 69.6 Å². The van der Waals surface area contributed by atoms with Crippen molar-refractivity contribution in [2.75, 3.05) is 13.6 Å². The molecule has 18 heavy (non-hydrogen) atoms. The number of nitrogens with zero attached hydrogens (tertiary/aromatic N) is 1. The summed E-state index contributed by atoms with van der Waals surface area (Å²) in [5.41, 5.74) is -0.223. The summed E-state index contributed by atoms with van der Waals surface area (Å²) < 4.78 is 0. The second-order valence-corrected chi connectivity index (χ2v) is 5.03. The molecule has 0 saturated carbocycles. The van der Waals surface area contributed by atoms with Crippen LogP contribution in [0, 0.1) is 0 Å². The molecule has 1 amide bonds. The van der Waals surface area contributed by atoms with E-state index in [0.717, 1.165) is 6.42 Å². The van der Waals surface area contributed by atoms with Gasteiger partial charge in [0.15, 0.2) is 0 Å². The first-order valence-corrected chi connectivity index (χ1v) is 5.93. The van der Waals surface area contributed by atoms with Gasteiger partial charge in [0.25, 0.3) is 0 Å². The predicted molar refractivity (Wildman–Crippen MR) is 74.1 cm³/mol. The van der Waals surface area contributed by atoms with E-state index in [1.54, 1.807) is 18.9 Å². The first kappa shape index (κ1) is 19.5. The number of rotatable bonds is 7. The third-order valence-corrected chi connectivity index (χ3v) is 3.06. The maximum absolute atomic E-state index is 11.9. The van der Waals surface area contributed by atoms with Gasteiger partial charge in [-0.2, -0.15) is 0 Å². The van der Waals surface area contributed by atoms with Gasteiger partial charge in [-0.05, 0) is 34.2 Å². The molecule has 0 heterocycles. The molecule has 0 rings (SSSR count). The Morgan fingerprint density at radius 2 is 1.89 bits per heavy atom. The molecule has 0 fully saturated rings. The molecule has 0 spiro atoms. The normalized spacial score (nSPS) is 12.8. The average molecular weight is 281 g/mol. The lowest BCUT2D eigenvalue weighted by molar-refractivity contribution is -0.138. The number of nitrogens with one attached hydrogen (secondary N) is 1. The number of carbonyl (C=O) groups is 2. The standard InChI is InChI=1S/C12H24N2O3.ClH/c1-6-12(3,4)13-11(17)9(2)14(5)8-7-10(15)16;/h9H,6-8H2,1-5H3,(H,13,17)(H,15,16);1H. The van der Waals surface area contributed by atoms with Crippen LogP contribution in [-0.2, 0) is 9.59 Å². The predicted octanol–water partition coefficient (Wildman–Crippen LogP) is 1.51. The lowest BCUT2D eigenvalue weighted by Crippen LogP contribution is -2.51. The van der Waals surface area contributed by atoms with E-state index < -0.39 is 5.97 Å². The van der Waals surface area contributed by atoms with Crippen molar-refractivity contribution in [1.29, 1.82) is 0 Å². The summed E-state index contributed by atoms with van der Waals surface area (Å²) >= 11 is 0. The fraction of sp³-hybridized carbons (Fsp3) is 0.833. The highest BCUT2D eigenvalue weighted by atomic mass is 35.5. The Balaban J connectivity index is 0. The molecule has 0 aliphatic carbocycles. The molecule has 2 N–H and O–H groups in total. The van der Waals surface area contributed by atoms with Crippen molar-refractivity contribution in [1.82, 2.24) is 10.2 Å². The van der Waals surface area contributed by atoms with Crippen LogP contribution in [0.3, 0.4) is 0 Å². The third kappa shape index (κ3) is 7.50. The Morgan fingerprint density at radius 3 is 2.28 bits per heavy atom. The van der Waals surface area contributed by atoms with E-state index in [1.807, 2.05) is 20.8 Å². The zero-order chi connectivity index (χ0) is 13.6. The van der Waals surface area contributed by atoms with Crippen molar-refractivity contribution in [2.24, 2.45) is 0 Å². The van der Waals surface area contributed by atoms with Gasteiger partial charge in [-0.25, -0.2) is 0 Å². The van der Waals surface area contributed by atoms with E-state index >= 15 is 0 Å². The molecule has 0 saturated heterocycles. The highest BCUT2D eigenvalue weighted by molar-refractivity contribution is 5.85. The molecule has 5 nitrogen and oxygen atoms in total. The van der Waals surface area contributed by atoms with Crippen LogP contribution in [0.4, 0.5) is 0 Å². The molecule has 0 radical (unpaired) electrons. The molecule has 0 bridgehead atoms. The molecular weight excluding hydrogens is 256 g/mol. The number of aliphatic carboxylic acids is 1. The van der Waals surface area contributed by atoms with E-state index in [0.29, 0.717) is 6.54 Å². The van der Waals surface area contributed by atoms with Crippen molar-refractivity contribution < 1.29 is 14.7 Å². The van der Waals surface area contributed by atoms with E-state index in [-0.39, 0.29) is 36.3 Å². The van der Waals surface area contributed by atoms with Crippen LogP contribution in [0.15, 0.2) is 0 Å². The van der Waals surface area contributed by atoms with Crippen molar-refractivity contribution in [2.45, 2.75) is 52.1 Å². The van der Waals surface area contributed by atoms with Crippen molar-refractivity contribution in [3.63, 3.8) is 0 Å². The number of likely N-dealkylation sites (N-methyl/N-ethyl adjacent to an activating group) is 1. The zero-order valence-corrected chi connectivity index (χ0v) is 12.6. The number of carboxylic acid groups (broad SMARTS) is 1. The van der Waals surface area contributed by atoms with Crippen LogP contribution in [-0.4, -0.2) is 47.1 Å². The van der Waals surface area contributed by atoms with Crippen molar-refractivity contribution in [3.8, 4) is 0 Å². The van der Waals surface area contributed by atoms with Gasteiger partial charge in [0.1, 0.15) is 0 Å². The van der Waals surface area contributed by atoms with Gasteiger partial charge in [0.05, 0.1) is 12.5 Å². The molecule has 0 aromatic carbocycles. The second-order valence-electron chi connectivity index (χ2n) is 5.03. The van der Waals surface area contributed by atoms with Crippen LogP contribution < -0.4 is 5.32 Å². The molecule has 1 unspecified atom stereocenters. The summed E-state index contributed by atoms with van der Waals surface area (Å²) in [6.07, 6.45) is 0.898. The Hall–Kier alpha value is -0.810. The number of carboxylic acids is 1. The number of amides is 1. The van der Waals surface area contributed by atoms with Crippen LogP contribution >= 0.6 is 12.4 Å². The van der Waals surface area contributed by atoms with Gasteiger partial charge in [-0.1, -0.05) is 6.92 Å². The first-order valence-electron chi connectivity index (χ1n) is 5.93. The number of hydrogen-bond acceptors (Lipinski definition) is 3. The van der Waals surface area contributed by atoms with Crippen LogP contribution in [0.2, 0.25) is 0 Å². The zero-order valence-electron chi connectivity index (χ0n) is 11.8. The summed E-state index contributed by atoms with van der Waals surface area (Å²) in [7, 11) is 1.76. The van der Waals surface area contributed by atoms with Gasteiger partial charge in [0.2, 0.25) is 5.91 Å². The Labute approximate surface area is 115 Å². The van der Waals surface area contributed by atoms with Gasteiger partial charge in [0, 0.05) is 12.1 Å². The number of carbonyl (C=O) groups excluding carboxylic acids is 1. The quantitative estimate of drug-likeness (QED) is 0.742. The monoisotopic (exact) mass is 280 g/mol. The molecule has 1 atom stereocenters. The minimum Gasteiger partial charge on any atom is -0.481 e. The van der Waals surface area contributed by atoms with Crippen LogP contribution in [0.5, 0.6) is 0 Å². The summed E-state index contributed by atoms with van der Waals surface area (Å²) in [6, 6.07) is -0.319. The SMILES string of the molecule is CCC(C)(C)NC(=O)C(C)N(C)CCC(=O)O.Cl. The van der Waals surface area contributed by atoms with Gasteiger partial charge >= 0.3 is 5.97 Å². The van der Waals surface area contributed by atoms with Crippen molar-refractivity contribution >= 4 is 24.3 Å². The summed E-state index contributed by atoms with van der Waals surface area (Å²) in [5.74, 6) is -0.914. The van der Waals surface area contributed by atoms with E-state index in [2.05, 4.69) is 5.32 Å². The Morgan fingerprint density at radius 1 is 1.39 bits per heavy atom. The van der Waals surface area contributed by atoms with Gasteiger partial charge in [-0.3, -0.25) is 14.5 Å². The maximum atomic E-state index is 11.9. The molecule has 108 valence electrons. The first-order chi connectivity index (χ1) is 7.69. The Bertz CT molecular complexity index is 282. The summed E-state index contributed by atoms with van der Waals surface area (Å²) in [4.78, 5) is 24.1. The summed E-state index contributed by atoms with van der Waals surface area (Å²) in [5, 5.41) is 11.5.